The molecule has 2 bridgehead atoms. The first-order valence-electron chi connectivity index (χ1n) is 12.4. The standard InChI is InChI=1S/C30H32O3/c1-28-14-6-7-15-29(28)16-17-30(28,22-10-12-23(33-2)13-11-22)25-24(31)19-21(27(32)26(25)29)18-20-8-4-3-5-9-20/h3-5,8-13,16-17,21,25-26H,6-7,14-15,18-19H2,1-2H3/t21-,25-,26-,28+,29+,30+/m1/s1. The lowest BCUT2D eigenvalue weighted by Crippen LogP contribution is -2.50. The van der Waals surface area contributed by atoms with E-state index in [0.29, 0.717) is 18.6 Å². The number of hydrogen-bond donors (Lipinski definition) is 0. The highest BCUT2D eigenvalue weighted by atomic mass is 16.5. The zero-order valence-corrected chi connectivity index (χ0v) is 19.6. The largest absolute Gasteiger partial charge is 0.497 e. The van der Waals surface area contributed by atoms with Crippen LogP contribution >= 0.6 is 0 Å². The van der Waals surface area contributed by atoms with Crippen LogP contribution in [0, 0.1) is 28.6 Å². The highest BCUT2D eigenvalue weighted by molar-refractivity contribution is 6.01. The van der Waals surface area contributed by atoms with Crippen molar-refractivity contribution in [3.05, 3.63) is 77.9 Å². The summed E-state index contributed by atoms with van der Waals surface area (Å²) in [7, 11) is 1.68. The van der Waals surface area contributed by atoms with Gasteiger partial charge in [0.1, 0.15) is 17.3 Å². The van der Waals surface area contributed by atoms with Gasteiger partial charge in [0.25, 0.3) is 0 Å². The van der Waals surface area contributed by atoms with Crippen LogP contribution in [0.25, 0.3) is 0 Å². The van der Waals surface area contributed by atoms with Crippen LogP contribution in [0.5, 0.6) is 5.75 Å². The molecule has 0 spiro atoms. The molecule has 4 aliphatic rings. The molecule has 0 unspecified atom stereocenters. The second-order valence-electron chi connectivity index (χ2n) is 10.9. The Morgan fingerprint density at radius 3 is 2.36 bits per heavy atom. The van der Waals surface area contributed by atoms with E-state index in [0.717, 1.165) is 37.0 Å². The SMILES string of the molecule is COc1ccc([C@]23C=C[C@@]4(CCCC[C@]24C)[C@H]2C(=O)[C@H](Cc4ccccc4)CC(=O)[C@H]23)cc1. The van der Waals surface area contributed by atoms with Crippen LogP contribution in [-0.2, 0) is 21.4 Å². The van der Waals surface area contributed by atoms with E-state index in [4.69, 9.17) is 4.74 Å². The average Bonchev–Trinajstić information content (AvgIpc) is 3.23. The third-order valence-corrected chi connectivity index (χ3v) is 9.88. The number of allylic oxidation sites excluding steroid dienone is 2. The Hall–Kier alpha value is -2.68. The van der Waals surface area contributed by atoms with Crippen LogP contribution in [0.1, 0.15) is 50.2 Å². The molecule has 4 aliphatic carbocycles. The molecule has 6 rings (SSSR count). The number of carbonyl (C=O) groups excluding carboxylic acids is 2. The van der Waals surface area contributed by atoms with E-state index in [1.54, 1.807) is 7.11 Å². The molecule has 3 saturated carbocycles. The molecular formula is C30H32O3. The summed E-state index contributed by atoms with van der Waals surface area (Å²) in [5.41, 5.74) is 1.58. The summed E-state index contributed by atoms with van der Waals surface area (Å²) in [5, 5.41) is 0. The maximum atomic E-state index is 14.2. The molecule has 0 aliphatic heterocycles. The molecule has 0 N–H and O–H groups in total. The van der Waals surface area contributed by atoms with Gasteiger partial charge in [-0.15, -0.1) is 0 Å². The van der Waals surface area contributed by atoms with E-state index < -0.39 is 5.41 Å². The van der Waals surface area contributed by atoms with Crippen molar-refractivity contribution in [3.63, 3.8) is 0 Å². The van der Waals surface area contributed by atoms with E-state index in [1.165, 1.54) is 5.56 Å². The highest BCUT2D eigenvalue weighted by Crippen LogP contribution is 2.79. The topological polar surface area (TPSA) is 43.4 Å². The number of benzene rings is 2. The molecular weight excluding hydrogens is 408 g/mol. The van der Waals surface area contributed by atoms with E-state index in [-0.39, 0.29) is 34.4 Å². The predicted molar refractivity (Wildman–Crippen MR) is 128 cm³/mol. The molecule has 0 saturated heterocycles. The first-order valence-corrected chi connectivity index (χ1v) is 12.4. The molecule has 3 heteroatoms. The van der Waals surface area contributed by atoms with Gasteiger partial charge in [-0.2, -0.15) is 0 Å². The van der Waals surface area contributed by atoms with E-state index in [2.05, 4.69) is 43.3 Å². The predicted octanol–water partition coefficient (Wildman–Crippen LogP) is 5.72. The lowest BCUT2D eigenvalue weighted by atomic mass is 9.52. The summed E-state index contributed by atoms with van der Waals surface area (Å²) in [6.07, 6.45) is 10.1. The lowest BCUT2D eigenvalue weighted by molar-refractivity contribution is -0.145. The fourth-order valence-electron chi connectivity index (χ4n) is 8.45. The van der Waals surface area contributed by atoms with Gasteiger partial charge in [-0.05, 0) is 47.9 Å². The number of methoxy groups -OCH3 is 1. The Morgan fingerprint density at radius 1 is 0.909 bits per heavy atom. The first kappa shape index (κ1) is 20.9. The molecule has 0 heterocycles. The third-order valence-electron chi connectivity index (χ3n) is 9.88. The van der Waals surface area contributed by atoms with Crippen LogP contribution in [0.3, 0.4) is 0 Å². The number of carbonyl (C=O) groups is 2. The highest BCUT2D eigenvalue weighted by Gasteiger charge is 2.79. The van der Waals surface area contributed by atoms with Crippen molar-refractivity contribution < 1.29 is 14.3 Å². The Morgan fingerprint density at radius 2 is 1.64 bits per heavy atom. The van der Waals surface area contributed by atoms with Crippen LogP contribution in [0.4, 0.5) is 0 Å². The molecule has 0 amide bonds. The van der Waals surface area contributed by atoms with E-state index in [9.17, 15) is 9.59 Å². The van der Waals surface area contributed by atoms with Gasteiger partial charge in [-0.25, -0.2) is 0 Å². The van der Waals surface area contributed by atoms with Gasteiger partial charge < -0.3 is 4.74 Å². The van der Waals surface area contributed by atoms with Crippen molar-refractivity contribution in [1.29, 1.82) is 0 Å². The van der Waals surface area contributed by atoms with Crippen LogP contribution in [-0.4, -0.2) is 18.7 Å². The molecule has 2 aromatic rings. The Balaban J connectivity index is 1.48. The normalized spacial score (nSPS) is 38.8. The molecule has 0 aromatic heterocycles. The van der Waals surface area contributed by atoms with Gasteiger partial charge in [0.15, 0.2) is 0 Å². The van der Waals surface area contributed by atoms with Gasteiger partial charge in [-0.1, -0.05) is 74.4 Å². The number of fused-ring (bicyclic) bond motifs is 2. The molecule has 2 aromatic carbocycles. The molecule has 33 heavy (non-hydrogen) atoms. The summed E-state index contributed by atoms with van der Waals surface area (Å²) in [6.45, 7) is 2.38. The van der Waals surface area contributed by atoms with Crippen molar-refractivity contribution in [2.45, 2.75) is 50.9 Å². The maximum absolute atomic E-state index is 14.2. The average molecular weight is 441 g/mol. The monoisotopic (exact) mass is 440 g/mol. The summed E-state index contributed by atoms with van der Waals surface area (Å²) >= 11 is 0. The van der Waals surface area contributed by atoms with Crippen LogP contribution in [0.2, 0.25) is 0 Å². The minimum absolute atomic E-state index is 0.116. The Labute approximate surface area is 196 Å². The summed E-state index contributed by atoms with van der Waals surface area (Å²) in [6, 6.07) is 18.5. The third kappa shape index (κ3) is 2.51. The molecule has 170 valence electrons. The Bertz CT molecular complexity index is 1130. The van der Waals surface area contributed by atoms with Gasteiger partial charge in [0.2, 0.25) is 0 Å². The minimum atomic E-state index is -0.408. The van der Waals surface area contributed by atoms with Crippen molar-refractivity contribution in [3.8, 4) is 5.75 Å². The van der Waals surface area contributed by atoms with Gasteiger partial charge in [-0.3, -0.25) is 9.59 Å². The van der Waals surface area contributed by atoms with E-state index in [1.807, 2.05) is 30.3 Å². The lowest BCUT2D eigenvalue weighted by Gasteiger charge is -2.50. The van der Waals surface area contributed by atoms with Crippen LogP contribution in [0.15, 0.2) is 66.7 Å². The maximum Gasteiger partial charge on any atom is 0.141 e. The molecule has 6 atom stereocenters. The van der Waals surface area contributed by atoms with Crippen molar-refractivity contribution >= 4 is 11.6 Å². The summed E-state index contributed by atoms with van der Waals surface area (Å²) in [4.78, 5) is 28.2. The second kappa shape index (κ2) is 7.16. The van der Waals surface area contributed by atoms with Crippen LogP contribution < -0.4 is 4.74 Å². The number of hydrogen-bond acceptors (Lipinski definition) is 3. The number of ketones is 2. The second-order valence-corrected chi connectivity index (χ2v) is 10.9. The van der Waals surface area contributed by atoms with Gasteiger partial charge in [0, 0.05) is 35.0 Å². The molecule has 3 fully saturated rings. The zero-order chi connectivity index (χ0) is 22.8. The summed E-state index contributed by atoms with van der Waals surface area (Å²) in [5.74, 6) is 0.776. The minimum Gasteiger partial charge on any atom is -0.497 e. The smallest absolute Gasteiger partial charge is 0.141 e. The van der Waals surface area contributed by atoms with E-state index >= 15 is 0 Å². The van der Waals surface area contributed by atoms with Gasteiger partial charge >= 0.3 is 0 Å². The zero-order valence-electron chi connectivity index (χ0n) is 19.6. The number of ether oxygens (including phenoxy) is 1. The van der Waals surface area contributed by atoms with Crippen molar-refractivity contribution in [1.82, 2.24) is 0 Å². The van der Waals surface area contributed by atoms with Crippen molar-refractivity contribution in [2.24, 2.45) is 28.6 Å². The Kier molecular flexibility index (Phi) is 4.53. The quantitative estimate of drug-likeness (QED) is 0.572. The molecule has 3 nitrogen and oxygen atoms in total. The summed E-state index contributed by atoms with van der Waals surface area (Å²) < 4.78 is 5.42. The van der Waals surface area contributed by atoms with Crippen molar-refractivity contribution in [2.75, 3.05) is 7.11 Å². The number of Topliss-reactive ketones (excluding diaryl/α,β-unsaturated/α-hetero) is 2. The first-order chi connectivity index (χ1) is 16.0. The number of rotatable bonds is 4. The van der Waals surface area contributed by atoms with Gasteiger partial charge in [0.05, 0.1) is 7.11 Å². The fraction of sp³-hybridized carbons (Fsp3) is 0.467. The molecule has 0 radical (unpaired) electrons. The fourth-order valence-corrected chi connectivity index (χ4v) is 8.45.